The van der Waals surface area contributed by atoms with E-state index in [1.807, 2.05) is 0 Å². The molecule has 3 atom stereocenters. The molecule has 1 saturated carbocycles. The Balaban J connectivity index is 1.91. The fraction of sp³-hybridized carbons (Fsp3) is 0.611. The van der Waals surface area contributed by atoms with Crippen LogP contribution in [0.4, 0.5) is 0 Å². The number of aliphatic hydroxyl groups is 1. The van der Waals surface area contributed by atoms with Crippen molar-refractivity contribution in [1.29, 1.82) is 5.26 Å². The van der Waals surface area contributed by atoms with Gasteiger partial charge in [0.1, 0.15) is 0 Å². The molecule has 0 amide bonds. The third-order valence-corrected chi connectivity index (χ3v) is 7.37. The first-order valence-electron chi connectivity index (χ1n) is 8.66. The van der Waals surface area contributed by atoms with Gasteiger partial charge >= 0.3 is 0 Å². The molecule has 1 aliphatic heterocycles. The highest BCUT2D eigenvalue weighted by Gasteiger charge is 2.42. The molecule has 1 aromatic carbocycles. The van der Waals surface area contributed by atoms with Crippen LogP contribution in [-0.2, 0) is 10.0 Å². The second-order valence-electron chi connectivity index (χ2n) is 6.93. The molecule has 6 heteroatoms. The Morgan fingerprint density at radius 1 is 1.21 bits per heavy atom. The van der Waals surface area contributed by atoms with Crippen molar-refractivity contribution in [3.8, 4) is 6.07 Å². The molecule has 0 aromatic heterocycles. The predicted octanol–water partition coefficient (Wildman–Crippen LogP) is 2.57. The molecular weight excluding hydrogens is 324 g/mol. The number of hydrogen-bond acceptors (Lipinski definition) is 4. The third kappa shape index (κ3) is 3.08. The number of aliphatic hydroxyl groups excluding tert-OH is 1. The van der Waals surface area contributed by atoms with Gasteiger partial charge in [-0.2, -0.15) is 9.57 Å². The molecule has 2 fully saturated rings. The van der Waals surface area contributed by atoms with E-state index >= 15 is 0 Å². The fourth-order valence-electron chi connectivity index (χ4n) is 4.14. The van der Waals surface area contributed by atoms with Crippen molar-refractivity contribution >= 4 is 10.0 Å². The van der Waals surface area contributed by atoms with E-state index in [1.54, 1.807) is 23.4 Å². The maximum absolute atomic E-state index is 13.1. The Labute approximate surface area is 144 Å². The third-order valence-electron chi connectivity index (χ3n) is 5.45. The zero-order valence-electron chi connectivity index (χ0n) is 14.0. The van der Waals surface area contributed by atoms with E-state index in [4.69, 9.17) is 5.26 Å². The molecule has 24 heavy (non-hydrogen) atoms. The molecule has 1 N–H and O–H groups in total. The molecule has 3 rings (SSSR count). The lowest BCUT2D eigenvalue weighted by molar-refractivity contribution is 0.0386. The van der Waals surface area contributed by atoms with Crippen LogP contribution in [0.25, 0.3) is 0 Å². The molecule has 1 saturated heterocycles. The highest BCUT2D eigenvalue weighted by molar-refractivity contribution is 7.89. The summed E-state index contributed by atoms with van der Waals surface area (Å²) in [7, 11) is -3.60. The Hall–Kier alpha value is -1.42. The lowest BCUT2D eigenvalue weighted by atomic mass is 9.81. The summed E-state index contributed by atoms with van der Waals surface area (Å²) in [4.78, 5) is 0.246. The summed E-state index contributed by atoms with van der Waals surface area (Å²) < 4.78 is 27.8. The van der Waals surface area contributed by atoms with Gasteiger partial charge in [0.05, 0.1) is 22.6 Å². The molecule has 0 bridgehead atoms. The van der Waals surface area contributed by atoms with Crippen molar-refractivity contribution in [2.75, 3.05) is 6.54 Å². The molecule has 5 nitrogen and oxygen atoms in total. The summed E-state index contributed by atoms with van der Waals surface area (Å²) in [5, 5.41) is 19.4. The van der Waals surface area contributed by atoms with Crippen LogP contribution in [-0.4, -0.2) is 36.5 Å². The molecule has 0 spiro atoms. The summed E-state index contributed by atoms with van der Waals surface area (Å²) >= 11 is 0. The number of aryl methyl sites for hydroxylation is 1. The van der Waals surface area contributed by atoms with Gasteiger partial charge in [-0.05, 0) is 56.4 Å². The van der Waals surface area contributed by atoms with E-state index in [1.165, 1.54) is 6.07 Å². The van der Waals surface area contributed by atoms with Gasteiger partial charge in [-0.1, -0.05) is 12.8 Å². The highest BCUT2D eigenvalue weighted by Crippen LogP contribution is 2.37. The molecular formula is C18H24N2O3S. The molecule has 1 aliphatic carbocycles. The Morgan fingerprint density at radius 2 is 1.96 bits per heavy atom. The van der Waals surface area contributed by atoms with Crippen LogP contribution >= 0.6 is 0 Å². The van der Waals surface area contributed by atoms with Gasteiger partial charge < -0.3 is 5.11 Å². The monoisotopic (exact) mass is 348 g/mol. The summed E-state index contributed by atoms with van der Waals surface area (Å²) in [6.07, 6.45) is 4.99. The van der Waals surface area contributed by atoms with Crippen LogP contribution in [0.15, 0.2) is 23.1 Å². The normalized spacial score (nSPS) is 28.6. The van der Waals surface area contributed by atoms with Gasteiger partial charge in [-0.25, -0.2) is 8.42 Å². The second-order valence-corrected chi connectivity index (χ2v) is 8.82. The second kappa shape index (κ2) is 6.83. The van der Waals surface area contributed by atoms with Gasteiger partial charge in [0, 0.05) is 18.5 Å². The topological polar surface area (TPSA) is 81.4 Å². The van der Waals surface area contributed by atoms with E-state index in [9.17, 15) is 13.5 Å². The summed E-state index contributed by atoms with van der Waals surface area (Å²) in [6, 6.07) is 6.64. The lowest BCUT2D eigenvalue weighted by Crippen LogP contribution is -2.45. The maximum Gasteiger partial charge on any atom is 0.243 e. The average Bonchev–Trinajstić information content (AvgIpc) is 3.05. The number of nitrogens with zero attached hydrogens (tertiary/aromatic N) is 2. The van der Waals surface area contributed by atoms with E-state index in [0.717, 1.165) is 38.5 Å². The van der Waals surface area contributed by atoms with E-state index in [0.29, 0.717) is 17.7 Å². The van der Waals surface area contributed by atoms with Crippen LogP contribution in [0.1, 0.15) is 49.7 Å². The summed E-state index contributed by atoms with van der Waals surface area (Å²) in [5.41, 5.74) is 1.17. The Morgan fingerprint density at radius 3 is 2.62 bits per heavy atom. The predicted molar refractivity (Wildman–Crippen MR) is 90.8 cm³/mol. The standard InChI is InChI=1S/C18H24N2O3S/c1-13-11-15(9-8-14(13)12-19)24(22,23)20-10-4-6-17(20)16-5-2-3-7-18(16)21/h8-9,11,16-18,21H,2-7,10H2,1H3/t16-,17-,18+/m1/s1. The van der Waals surface area contributed by atoms with Gasteiger partial charge in [0.25, 0.3) is 0 Å². The van der Waals surface area contributed by atoms with Crippen molar-refractivity contribution in [1.82, 2.24) is 4.31 Å². The molecule has 1 heterocycles. The van der Waals surface area contributed by atoms with Gasteiger partial charge in [0.2, 0.25) is 10.0 Å². The number of nitriles is 1. The van der Waals surface area contributed by atoms with Crippen molar-refractivity contribution in [2.45, 2.75) is 62.5 Å². The minimum absolute atomic E-state index is 0.0375. The Bertz CT molecular complexity index is 754. The van der Waals surface area contributed by atoms with E-state index in [2.05, 4.69) is 6.07 Å². The van der Waals surface area contributed by atoms with Gasteiger partial charge in [0.15, 0.2) is 0 Å². The first kappa shape index (κ1) is 17.4. The fourth-order valence-corrected chi connectivity index (χ4v) is 5.96. The first-order valence-corrected chi connectivity index (χ1v) is 10.1. The van der Waals surface area contributed by atoms with E-state index < -0.39 is 16.1 Å². The van der Waals surface area contributed by atoms with Gasteiger partial charge in [-0.15, -0.1) is 0 Å². The number of hydrogen-bond donors (Lipinski definition) is 1. The van der Waals surface area contributed by atoms with Crippen LogP contribution in [0.5, 0.6) is 0 Å². The van der Waals surface area contributed by atoms with Crippen molar-refractivity contribution < 1.29 is 13.5 Å². The molecule has 0 radical (unpaired) electrons. The van der Waals surface area contributed by atoms with Crippen LogP contribution in [0.2, 0.25) is 0 Å². The maximum atomic E-state index is 13.1. The summed E-state index contributed by atoms with van der Waals surface area (Å²) in [5.74, 6) is 0.0375. The van der Waals surface area contributed by atoms with E-state index in [-0.39, 0.29) is 16.9 Å². The molecule has 2 aliphatic rings. The molecule has 0 unspecified atom stereocenters. The average molecular weight is 348 g/mol. The van der Waals surface area contributed by atoms with Crippen LogP contribution in [0, 0.1) is 24.2 Å². The van der Waals surface area contributed by atoms with Crippen molar-refractivity contribution in [3.05, 3.63) is 29.3 Å². The van der Waals surface area contributed by atoms with Gasteiger partial charge in [-0.3, -0.25) is 0 Å². The number of rotatable bonds is 3. The largest absolute Gasteiger partial charge is 0.393 e. The lowest BCUT2D eigenvalue weighted by Gasteiger charge is -2.36. The zero-order valence-corrected chi connectivity index (χ0v) is 14.8. The number of benzene rings is 1. The summed E-state index contributed by atoms with van der Waals surface area (Å²) in [6.45, 7) is 2.26. The minimum atomic E-state index is -3.60. The smallest absolute Gasteiger partial charge is 0.243 e. The highest BCUT2D eigenvalue weighted by atomic mass is 32.2. The minimum Gasteiger partial charge on any atom is -0.393 e. The van der Waals surface area contributed by atoms with Crippen molar-refractivity contribution in [2.24, 2.45) is 5.92 Å². The quantitative estimate of drug-likeness (QED) is 0.910. The number of sulfonamides is 1. The molecule has 1 aromatic rings. The first-order chi connectivity index (χ1) is 11.4. The molecule has 130 valence electrons. The zero-order chi connectivity index (χ0) is 17.3. The Kier molecular flexibility index (Phi) is 4.95. The van der Waals surface area contributed by atoms with Crippen LogP contribution < -0.4 is 0 Å². The van der Waals surface area contributed by atoms with Crippen molar-refractivity contribution in [3.63, 3.8) is 0 Å². The SMILES string of the molecule is Cc1cc(S(=O)(=O)N2CCC[C@@H]2[C@H]2CCCC[C@@H]2O)ccc1C#N. The van der Waals surface area contributed by atoms with Crippen LogP contribution in [0.3, 0.4) is 0 Å².